The molecule has 96 valence electrons. The molecule has 0 amide bonds. The van der Waals surface area contributed by atoms with Crippen molar-refractivity contribution in [3.8, 4) is 0 Å². The van der Waals surface area contributed by atoms with Gasteiger partial charge in [0.05, 0.1) is 13.2 Å². The highest BCUT2D eigenvalue weighted by Crippen LogP contribution is 2.03. The molecule has 1 unspecified atom stereocenters. The Morgan fingerprint density at radius 3 is 2.62 bits per heavy atom. The van der Waals surface area contributed by atoms with Crippen molar-refractivity contribution in [1.29, 1.82) is 0 Å². The van der Waals surface area contributed by atoms with E-state index < -0.39 is 10.2 Å². The number of nitrogens with two attached hydrogens (primary N) is 1. The summed E-state index contributed by atoms with van der Waals surface area (Å²) < 4.78 is 32.6. The fourth-order valence-electron chi connectivity index (χ4n) is 1.46. The van der Waals surface area contributed by atoms with Crippen molar-refractivity contribution in [3.63, 3.8) is 0 Å². The second-order valence-corrected chi connectivity index (χ2v) is 5.62. The number of rotatable bonds is 6. The molecular weight excluding hydrogens is 230 g/mol. The second-order valence-electron chi connectivity index (χ2n) is 3.87. The van der Waals surface area contributed by atoms with E-state index in [4.69, 9.17) is 10.5 Å². The van der Waals surface area contributed by atoms with Crippen molar-refractivity contribution in [2.24, 2.45) is 5.73 Å². The third kappa shape index (κ3) is 4.34. The molecule has 0 saturated carbocycles. The summed E-state index contributed by atoms with van der Waals surface area (Å²) in [4.78, 5) is 0. The van der Waals surface area contributed by atoms with Gasteiger partial charge in [0.1, 0.15) is 0 Å². The Kier molecular flexibility index (Phi) is 5.63. The highest BCUT2D eigenvalue weighted by molar-refractivity contribution is 7.87. The van der Waals surface area contributed by atoms with Gasteiger partial charge in [-0.25, -0.2) is 4.72 Å². The number of hydrogen-bond donors (Lipinski definition) is 2. The highest BCUT2D eigenvalue weighted by atomic mass is 32.2. The van der Waals surface area contributed by atoms with E-state index >= 15 is 0 Å². The largest absolute Gasteiger partial charge is 0.379 e. The first-order chi connectivity index (χ1) is 7.56. The smallest absolute Gasteiger partial charge is 0.279 e. The monoisotopic (exact) mass is 251 g/mol. The van der Waals surface area contributed by atoms with Gasteiger partial charge in [0.15, 0.2) is 0 Å². The van der Waals surface area contributed by atoms with E-state index in [0.717, 1.165) is 6.42 Å². The maximum atomic E-state index is 11.8. The van der Waals surface area contributed by atoms with E-state index in [1.807, 2.05) is 6.92 Å². The average Bonchev–Trinajstić information content (AvgIpc) is 2.30. The van der Waals surface area contributed by atoms with Gasteiger partial charge in [-0.3, -0.25) is 0 Å². The number of morpholine rings is 1. The summed E-state index contributed by atoms with van der Waals surface area (Å²) in [7, 11) is -3.34. The van der Waals surface area contributed by atoms with Crippen LogP contribution in [0.3, 0.4) is 0 Å². The van der Waals surface area contributed by atoms with Crippen LogP contribution in [-0.4, -0.2) is 51.6 Å². The lowest BCUT2D eigenvalue weighted by atomic mass is 10.2. The van der Waals surface area contributed by atoms with Gasteiger partial charge in [-0.15, -0.1) is 0 Å². The van der Waals surface area contributed by atoms with Gasteiger partial charge in [0.2, 0.25) is 0 Å². The molecule has 1 aliphatic rings. The Balaban J connectivity index is 2.33. The summed E-state index contributed by atoms with van der Waals surface area (Å²) in [6, 6.07) is 0.0624. The minimum absolute atomic E-state index is 0.0624. The van der Waals surface area contributed by atoms with E-state index in [-0.39, 0.29) is 6.04 Å². The van der Waals surface area contributed by atoms with Crippen molar-refractivity contribution in [2.45, 2.75) is 25.8 Å². The van der Waals surface area contributed by atoms with E-state index in [0.29, 0.717) is 39.3 Å². The Hall–Kier alpha value is -0.210. The summed E-state index contributed by atoms with van der Waals surface area (Å²) in [5.74, 6) is 0. The molecule has 16 heavy (non-hydrogen) atoms. The van der Waals surface area contributed by atoms with E-state index in [1.54, 1.807) is 0 Å². The van der Waals surface area contributed by atoms with Crippen molar-refractivity contribution >= 4 is 10.2 Å². The molecule has 0 spiro atoms. The summed E-state index contributed by atoms with van der Waals surface area (Å²) in [6.45, 7) is 4.17. The first-order valence-corrected chi connectivity index (χ1v) is 7.08. The lowest BCUT2D eigenvalue weighted by Crippen LogP contribution is -2.47. The number of ether oxygens (including phenoxy) is 1. The Bertz CT molecular complexity index is 288. The number of nitrogens with one attached hydrogen (secondary N) is 1. The molecule has 0 aromatic carbocycles. The van der Waals surface area contributed by atoms with Crippen LogP contribution in [-0.2, 0) is 14.9 Å². The molecule has 0 aromatic heterocycles. The van der Waals surface area contributed by atoms with Gasteiger partial charge in [-0.05, 0) is 12.8 Å². The van der Waals surface area contributed by atoms with Crippen LogP contribution in [0.5, 0.6) is 0 Å². The van der Waals surface area contributed by atoms with Crippen LogP contribution in [0.25, 0.3) is 0 Å². The van der Waals surface area contributed by atoms with Crippen LogP contribution in [0.1, 0.15) is 19.8 Å². The zero-order chi connectivity index (χ0) is 12.0. The van der Waals surface area contributed by atoms with Crippen LogP contribution >= 0.6 is 0 Å². The third-order valence-electron chi connectivity index (χ3n) is 2.63. The van der Waals surface area contributed by atoms with Gasteiger partial charge in [-0.2, -0.15) is 12.7 Å². The van der Waals surface area contributed by atoms with Crippen molar-refractivity contribution in [2.75, 3.05) is 32.8 Å². The molecule has 0 bridgehead atoms. The zero-order valence-corrected chi connectivity index (χ0v) is 10.5. The van der Waals surface area contributed by atoms with E-state index in [2.05, 4.69) is 4.72 Å². The van der Waals surface area contributed by atoms with Crippen molar-refractivity contribution < 1.29 is 13.2 Å². The van der Waals surface area contributed by atoms with Gasteiger partial charge < -0.3 is 10.5 Å². The first-order valence-electron chi connectivity index (χ1n) is 5.64. The standard InChI is InChI=1S/C9H21N3O3S/c1-2-9(10)3-4-11-16(13,14)12-5-7-15-8-6-12/h9,11H,2-8,10H2,1H3. The lowest BCUT2D eigenvalue weighted by Gasteiger charge is -2.26. The van der Waals surface area contributed by atoms with Crippen LogP contribution in [0.2, 0.25) is 0 Å². The summed E-state index contributed by atoms with van der Waals surface area (Å²) in [5.41, 5.74) is 5.71. The first kappa shape index (κ1) is 13.9. The van der Waals surface area contributed by atoms with Crippen LogP contribution in [0.15, 0.2) is 0 Å². The Morgan fingerprint density at radius 1 is 1.44 bits per heavy atom. The number of hydrogen-bond acceptors (Lipinski definition) is 4. The number of nitrogens with zero attached hydrogens (tertiary/aromatic N) is 1. The summed E-state index contributed by atoms with van der Waals surface area (Å²) >= 11 is 0. The lowest BCUT2D eigenvalue weighted by molar-refractivity contribution is 0.0725. The third-order valence-corrected chi connectivity index (χ3v) is 4.25. The molecule has 1 saturated heterocycles. The van der Waals surface area contributed by atoms with Crippen molar-refractivity contribution in [1.82, 2.24) is 9.03 Å². The van der Waals surface area contributed by atoms with Crippen LogP contribution < -0.4 is 10.5 Å². The molecule has 6 nitrogen and oxygen atoms in total. The Labute approximate surface area is 97.3 Å². The van der Waals surface area contributed by atoms with Crippen molar-refractivity contribution in [3.05, 3.63) is 0 Å². The van der Waals surface area contributed by atoms with Crippen LogP contribution in [0.4, 0.5) is 0 Å². The quantitative estimate of drug-likeness (QED) is 0.652. The average molecular weight is 251 g/mol. The van der Waals surface area contributed by atoms with Gasteiger partial charge in [-0.1, -0.05) is 6.92 Å². The zero-order valence-electron chi connectivity index (χ0n) is 9.68. The van der Waals surface area contributed by atoms with Gasteiger partial charge in [0, 0.05) is 25.7 Å². The summed E-state index contributed by atoms with van der Waals surface area (Å²) in [5, 5.41) is 0. The minimum atomic E-state index is -3.34. The highest BCUT2D eigenvalue weighted by Gasteiger charge is 2.23. The maximum Gasteiger partial charge on any atom is 0.279 e. The molecule has 1 rings (SSSR count). The van der Waals surface area contributed by atoms with E-state index in [1.165, 1.54) is 4.31 Å². The normalized spacial score (nSPS) is 20.9. The molecule has 0 aromatic rings. The molecule has 1 atom stereocenters. The Morgan fingerprint density at radius 2 is 2.06 bits per heavy atom. The molecule has 3 N–H and O–H groups in total. The molecule has 0 aliphatic carbocycles. The minimum Gasteiger partial charge on any atom is -0.379 e. The van der Waals surface area contributed by atoms with E-state index in [9.17, 15) is 8.42 Å². The van der Waals surface area contributed by atoms with Crippen LogP contribution in [0, 0.1) is 0 Å². The molecule has 1 heterocycles. The fraction of sp³-hybridized carbons (Fsp3) is 1.00. The van der Waals surface area contributed by atoms with Gasteiger partial charge in [0.25, 0.3) is 10.2 Å². The molecule has 7 heteroatoms. The molecular formula is C9H21N3O3S. The topological polar surface area (TPSA) is 84.7 Å². The molecule has 1 aliphatic heterocycles. The molecule has 1 fully saturated rings. The molecule has 0 radical (unpaired) electrons. The summed E-state index contributed by atoms with van der Waals surface area (Å²) in [6.07, 6.45) is 1.53. The predicted octanol–water partition coefficient (Wildman–Crippen LogP) is -0.720. The predicted molar refractivity (Wildman–Crippen MR) is 62.2 cm³/mol. The maximum absolute atomic E-state index is 11.8. The fourth-order valence-corrected chi connectivity index (χ4v) is 2.64. The van der Waals surface area contributed by atoms with Gasteiger partial charge >= 0.3 is 0 Å². The SMILES string of the molecule is CCC(N)CCNS(=O)(=O)N1CCOCC1. The second kappa shape index (κ2) is 6.51.